The van der Waals surface area contributed by atoms with Crippen LogP contribution in [0, 0.1) is 5.92 Å². The van der Waals surface area contributed by atoms with Crippen LogP contribution in [-0.2, 0) is 14.3 Å². The maximum atomic E-state index is 11.9. The van der Waals surface area contributed by atoms with Crippen molar-refractivity contribution in [2.75, 3.05) is 0 Å². The largest absolute Gasteiger partial charge is 0.481 e. The Balaban J connectivity index is 1.74. The van der Waals surface area contributed by atoms with Crippen LogP contribution in [0.1, 0.15) is 45.4 Å². The van der Waals surface area contributed by atoms with Crippen molar-refractivity contribution in [2.45, 2.75) is 63.7 Å². The van der Waals surface area contributed by atoms with Crippen LogP contribution in [0.5, 0.6) is 0 Å². The fourth-order valence-electron chi connectivity index (χ4n) is 2.77. The quantitative estimate of drug-likeness (QED) is 0.797. The van der Waals surface area contributed by atoms with Crippen molar-refractivity contribution < 1.29 is 19.4 Å². The van der Waals surface area contributed by atoms with Gasteiger partial charge >= 0.3 is 5.97 Å². The Hall–Kier alpha value is -1.10. The van der Waals surface area contributed by atoms with Crippen LogP contribution in [0.4, 0.5) is 0 Å². The predicted molar refractivity (Wildman–Crippen MR) is 65.1 cm³/mol. The Morgan fingerprint density at radius 1 is 1.11 bits per heavy atom. The van der Waals surface area contributed by atoms with E-state index in [0.29, 0.717) is 12.8 Å². The summed E-state index contributed by atoms with van der Waals surface area (Å²) < 4.78 is 5.52. The Morgan fingerprint density at radius 3 is 2.28 bits per heavy atom. The third-order valence-corrected chi connectivity index (χ3v) is 3.95. The monoisotopic (exact) mass is 255 g/mol. The molecular weight excluding hydrogens is 234 g/mol. The first-order chi connectivity index (χ1) is 8.56. The summed E-state index contributed by atoms with van der Waals surface area (Å²) in [7, 11) is 0. The molecule has 0 bridgehead atoms. The zero-order valence-corrected chi connectivity index (χ0v) is 10.7. The molecule has 0 aromatic heterocycles. The number of nitrogens with one attached hydrogen (secondary N) is 1. The number of hydrogen-bond donors (Lipinski definition) is 2. The third-order valence-electron chi connectivity index (χ3n) is 3.95. The molecule has 18 heavy (non-hydrogen) atoms. The Labute approximate surface area is 107 Å². The topological polar surface area (TPSA) is 75.6 Å². The molecule has 102 valence electrons. The lowest BCUT2D eigenvalue weighted by Gasteiger charge is -2.27. The lowest BCUT2D eigenvalue weighted by Crippen LogP contribution is -2.43. The van der Waals surface area contributed by atoms with E-state index < -0.39 is 5.97 Å². The first-order valence-electron chi connectivity index (χ1n) is 6.75. The fraction of sp³-hybridized carbons (Fsp3) is 0.846. The minimum Gasteiger partial charge on any atom is -0.481 e. The second kappa shape index (κ2) is 5.69. The molecular formula is C13H21NO4. The first kappa shape index (κ1) is 13.3. The number of carboxylic acids is 1. The molecule has 1 saturated carbocycles. The molecule has 5 heteroatoms. The molecule has 1 amide bonds. The highest BCUT2D eigenvalue weighted by atomic mass is 16.5. The number of amides is 1. The number of aliphatic carboxylic acids is 1. The molecule has 0 aromatic carbocycles. The fourth-order valence-corrected chi connectivity index (χ4v) is 2.77. The average Bonchev–Trinajstić information content (AvgIpc) is 2.76. The van der Waals surface area contributed by atoms with Crippen LogP contribution in [-0.4, -0.2) is 35.2 Å². The number of hydrogen-bond acceptors (Lipinski definition) is 3. The molecule has 0 unspecified atom stereocenters. The summed E-state index contributed by atoms with van der Waals surface area (Å²) in [5.74, 6) is -0.980. The van der Waals surface area contributed by atoms with Crippen molar-refractivity contribution in [1.82, 2.24) is 5.32 Å². The van der Waals surface area contributed by atoms with Crippen molar-refractivity contribution in [3.8, 4) is 0 Å². The highest BCUT2D eigenvalue weighted by Crippen LogP contribution is 2.25. The highest BCUT2D eigenvalue weighted by molar-refractivity contribution is 5.81. The summed E-state index contributed by atoms with van der Waals surface area (Å²) >= 11 is 0. The summed E-state index contributed by atoms with van der Waals surface area (Å²) in [5.41, 5.74) is 0. The van der Waals surface area contributed by atoms with Gasteiger partial charge in [-0.05, 0) is 45.4 Å². The number of rotatable bonds is 3. The molecule has 0 aromatic rings. The maximum absolute atomic E-state index is 11.9. The lowest BCUT2D eigenvalue weighted by atomic mass is 9.86. The van der Waals surface area contributed by atoms with E-state index in [1.54, 1.807) is 0 Å². The SMILES string of the molecule is C[C@@H]1CC[C@@H](C(=O)NC2CCC(C(=O)O)CC2)O1. The van der Waals surface area contributed by atoms with E-state index in [4.69, 9.17) is 9.84 Å². The molecule has 2 atom stereocenters. The van der Waals surface area contributed by atoms with Gasteiger partial charge in [0.2, 0.25) is 5.91 Å². The number of carboxylic acid groups (broad SMARTS) is 1. The van der Waals surface area contributed by atoms with E-state index in [2.05, 4.69) is 5.32 Å². The number of carbonyl (C=O) groups is 2. The normalized spacial score (nSPS) is 36.3. The predicted octanol–water partition coefficient (Wildman–Crippen LogP) is 1.31. The second-order valence-corrected chi connectivity index (χ2v) is 5.41. The minimum atomic E-state index is -0.715. The van der Waals surface area contributed by atoms with Gasteiger partial charge in [0.05, 0.1) is 12.0 Å². The van der Waals surface area contributed by atoms with Crippen LogP contribution in [0.3, 0.4) is 0 Å². The van der Waals surface area contributed by atoms with Gasteiger partial charge in [0.25, 0.3) is 0 Å². The van der Waals surface area contributed by atoms with Gasteiger partial charge in [0.1, 0.15) is 6.10 Å². The summed E-state index contributed by atoms with van der Waals surface area (Å²) in [6.45, 7) is 1.98. The standard InChI is InChI=1S/C13H21NO4/c1-8-2-7-11(18-8)12(15)14-10-5-3-9(4-6-10)13(16)17/h8-11H,2-7H2,1H3,(H,14,15)(H,16,17)/t8-,9?,10?,11+/m1/s1. The Morgan fingerprint density at radius 2 is 1.78 bits per heavy atom. The first-order valence-corrected chi connectivity index (χ1v) is 6.75. The van der Waals surface area contributed by atoms with E-state index in [-0.39, 0.29) is 30.1 Å². The molecule has 2 N–H and O–H groups in total. The maximum Gasteiger partial charge on any atom is 0.306 e. The molecule has 2 aliphatic rings. The van der Waals surface area contributed by atoms with Gasteiger partial charge in [-0.25, -0.2) is 0 Å². The third kappa shape index (κ3) is 3.22. The van der Waals surface area contributed by atoms with E-state index >= 15 is 0 Å². The van der Waals surface area contributed by atoms with Crippen molar-refractivity contribution in [1.29, 1.82) is 0 Å². The van der Waals surface area contributed by atoms with Gasteiger partial charge in [-0.15, -0.1) is 0 Å². The van der Waals surface area contributed by atoms with E-state index in [1.165, 1.54) is 0 Å². The van der Waals surface area contributed by atoms with Crippen LogP contribution in [0.15, 0.2) is 0 Å². The van der Waals surface area contributed by atoms with E-state index in [9.17, 15) is 9.59 Å². The van der Waals surface area contributed by atoms with Crippen molar-refractivity contribution in [2.24, 2.45) is 5.92 Å². The van der Waals surface area contributed by atoms with Crippen LogP contribution < -0.4 is 5.32 Å². The van der Waals surface area contributed by atoms with Gasteiger partial charge in [-0.2, -0.15) is 0 Å². The second-order valence-electron chi connectivity index (χ2n) is 5.41. The van der Waals surface area contributed by atoms with E-state index in [0.717, 1.165) is 25.7 Å². The van der Waals surface area contributed by atoms with E-state index in [1.807, 2.05) is 6.92 Å². The van der Waals surface area contributed by atoms with Crippen LogP contribution in [0.25, 0.3) is 0 Å². The minimum absolute atomic E-state index is 0.0295. The smallest absolute Gasteiger partial charge is 0.306 e. The number of ether oxygens (including phenoxy) is 1. The lowest BCUT2D eigenvalue weighted by molar-refractivity contribution is -0.143. The summed E-state index contributed by atoms with van der Waals surface area (Å²) in [6, 6.07) is 0.118. The Bertz CT molecular complexity index is 323. The number of carbonyl (C=O) groups excluding carboxylic acids is 1. The molecule has 1 heterocycles. The van der Waals surface area contributed by atoms with Gasteiger partial charge < -0.3 is 15.2 Å². The average molecular weight is 255 g/mol. The molecule has 0 spiro atoms. The molecule has 5 nitrogen and oxygen atoms in total. The van der Waals surface area contributed by atoms with Crippen LogP contribution >= 0.6 is 0 Å². The van der Waals surface area contributed by atoms with Gasteiger partial charge in [0, 0.05) is 6.04 Å². The van der Waals surface area contributed by atoms with Crippen LogP contribution in [0.2, 0.25) is 0 Å². The zero-order valence-electron chi connectivity index (χ0n) is 10.7. The highest BCUT2D eigenvalue weighted by Gasteiger charge is 2.31. The molecule has 0 radical (unpaired) electrons. The zero-order chi connectivity index (χ0) is 13.1. The summed E-state index contributed by atoms with van der Waals surface area (Å²) in [4.78, 5) is 22.7. The van der Waals surface area contributed by atoms with Gasteiger partial charge in [0.15, 0.2) is 0 Å². The van der Waals surface area contributed by atoms with Gasteiger partial charge in [-0.3, -0.25) is 9.59 Å². The van der Waals surface area contributed by atoms with Gasteiger partial charge in [-0.1, -0.05) is 0 Å². The van der Waals surface area contributed by atoms with Crippen molar-refractivity contribution in [3.63, 3.8) is 0 Å². The molecule has 2 rings (SSSR count). The molecule has 1 saturated heterocycles. The summed E-state index contributed by atoms with van der Waals surface area (Å²) in [5, 5.41) is 11.9. The summed E-state index contributed by atoms with van der Waals surface area (Å²) in [6.07, 6.45) is 4.41. The van der Waals surface area contributed by atoms with Crippen molar-refractivity contribution in [3.05, 3.63) is 0 Å². The molecule has 1 aliphatic heterocycles. The van der Waals surface area contributed by atoms with Crippen molar-refractivity contribution >= 4 is 11.9 Å². The Kier molecular flexibility index (Phi) is 4.22. The molecule has 1 aliphatic carbocycles. The molecule has 2 fully saturated rings.